The van der Waals surface area contributed by atoms with Crippen molar-refractivity contribution in [3.05, 3.63) is 58.1 Å². The summed E-state index contributed by atoms with van der Waals surface area (Å²) in [6, 6.07) is 14.7. The monoisotopic (exact) mass is 429 g/mol. The average Bonchev–Trinajstić information content (AvgIpc) is 2.62. The Labute approximate surface area is 168 Å². The van der Waals surface area contributed by atoms with Gasteiger partial charge in [0, 0.05) is 6.54 Å². The zero-order valence-corrected chi connectivity index (χ0v) is 17.4. The maximum absolute atomic E-state index is 11.9. The number of anilines is 1. The van der Waals surface area contributed by atoms with Gasteiger partial charge in [0.1, 0.15) is 11.8 Å². The number of carbonyl (C=O) groups is 1. The highest BCUT2D eigenvalue weighted by molar-refractivity contribution is 9.10. The number of hydrogen-bond donors (Lipinski definition) is 2. The number of nitrogens with zero attached hydrogens (tertiary/aromatic N) is 1. The van der Waals surface area contributed by atoms with Gasteiger partial charge < -0.3 is 15.4 Å². The molecule has 27 heavy (non-hydrogen) atoms. The lowest BCUT2D eigenvalue weighted by atomic mass is 9.87. The summed E-state index contributed by atoms with van der Waals surface area (Å²) in [6.07, 6.45) is 0.667. The first kappa shape index (κ1) is 20.8. The molecule has 2 N–H and O–H groups in total. The normalized spacial score (nSPS) is 10.8. The van der Waals surface area contributed by atoms with Gasteiger partial charge in [0.15, 0.2) is 0 Å². The van der Waals surface area contributed by atoms with Crippen LogP contribution in [0, 0.1) is 11.3 Å². The fourth-order valence-electron chi connectivity index (χ4n) is 2.40. The molecule has 2 aromatic rings. The first-order chi connectivity index (χ1) is 12.8. The van der Waals surface area contributed by atoms with Crippen molar-refractivity contribution < 1.29 is 9.53 Å². The van der Waals surface area contributed by atoms with Crippen molar-refractivity contribution in [2.45, 2.75) is 32.6 Å². The van der Waals surface area contributed by atoms with Gasteiger partial charge in [-0.15, -0.1) is 0 Å². The Bertz CT molecular complexity index is 838. The molecule has 0 unspecified atom stereocenters. The molecule has 0 fully saturated rings. The summed E-state index contributed by atoms with van der Waals surface area (Å²) < 4.78 is 6.70. The van der Waals surface area contributed by atoms with Crippen molar-refractivity contribution in [3.63, 3.8) is 0 Å². The molecular weight excluding hydrogens is 406 g/mol. The van der Waals surface area contributed by atoms with Crippen molar-refractivity contribution in [1.82, 2.24) is 5.32 Å². The van der Waals surface area contributed by atoms with E-state index in [1.807, 2.05) is 12.1 Å². The summed E-state index contributed by atoms with van der Waals surface area (Å²) >= 11 is 3.55. The van der Waals surface area contributed by atoms with Gasteiger partial charge in [-0.05, 0) is 57.6 Å². The van der Waals surface area contributed by atoms with E-state index in [0.717, 1.165) is 10.2 Å². The summed E-state index contributed by atoms with van der Waals surface area (Å²) in [4.78, 5) is 11.9. The van der Waals surface area contributed by atoms with Gasteiger partial charge in [0.2, 0.25) is 0 Å². The number of amides is 2. The van der Waals surface area contributed by atoms with E-state index in [-0.39, 0.29) is 11.4 Å². The third kappa shape index (κ3) is 6.30. The quantitative estimate of drug-likeness (QED) is 0.618. The summed E-state index contributed by atoms with van der Waals surface area (Å²) in [7, 11) is 0. The molecule has 142 valence electrons. The van der Waals surface area contributed by atoms with Crippen LogP contribution in [0.2, 0.25) is 0 Å². The number of urea groups is 1. The average molecular weight is 430 g/mol. The molecule has 0 atom stereocenters. The Kier molecular flexibility index (Phi) is 7.26. The summed E-state index contributed by atoms with van der Waals surface area (Å²) in [5, 5.41) is 14.5. The van der Waals surface area contributed by atoms with Crippen LogP contribution in [-0.4, -0.2) is 19.2 Å². The lowest BCUT2D eigenvalue weighted by Gasteiger charge is -2.20. The minimum Gasteiger partial charge on any atom is -0.492 e. The van der Waals surface area contributed by atoms with Crippen LogP contribution >= 0.6 is 15.9 Å². The number of benzene rings is 2. The molecule has 6 heteroatoms. The van der Waals surface area contributed by atoms with E-state index in [0.29, 0.717) is 30.8 Å². The third-order valence-corrected chi connectivity index (χ3v) is 4.58. The second-order valence-electron chi connectivity index (χ2n) is 7.14. The second kappa shape index (κ2) is 9.43. The van der Waals surface area contributed by atoms with Gasteiger partial charge in [-0.25, -0.2) is 4.79 Å². The van der Waals surface area contributed by atoms with Gasteiger partial charge >= 0.3 is 6.03 Å². The van der Waals surface area contributed by atoms with Gasteiger partial charge in [0.05, 0.1) is 22.3 Å². The third-order valence-electron chi connectivity index (χ3n) is 3.96. The van der Waals surface area contributed by atoms with E-state index in [2.05, 4.69) is 59.5 Å². The van der Waals surface area contributed by atoms with Crippen LogP contribution in [0.5, 0.6) is 5.75 Å². The highest BCUT2D eigenvalue weighted by atomic mass is 79.9. The number of carbonyl (C=O) groups excluding carboxylic acids is 1. The van der Waals surface area contributed by atoms with Crippen molar-refractivity contribution in [1.29, 1.82) is 5.26 Å². The SMILES string of the molecule is CC(C)(C)c1ccc(OCCCNC(=O)Nc2ccccc2C#N)c(Br)c1. The molecule has 0 spiro atoms. The van der Waals surface area contributed by atoms with E-state index in [4.69, 9.17) is 10.00 Å². The number of hydrogen-bond acceptors (Lipinski definition) is 3. The van der Waals surface area contributed by atoms with Crippen LogP contribution in [0.15, 0.2) is 46.9 Å². The Morgan fingerprint density at radius 1 is 1.22 bits per heavy atom. The Morgan fingerprint density at radius 2 is 1.96 bits per heavy atom. The molecule has 0 saturated heterocycles. The van der Waals surface area contributed by atoms with Crippen LogP contribution in [0.1, 0.15) is 38.3 Å². The molecule has 0 aliphatic carbocycles. The Hall–Kier alpha value is -2.52. The fraction of sp³-hybridized carbons (Fsp3) is 0.333. The molecule has 0 saturated carbocycles. The molecule has 2 rings (SSSR count). The molecule has 2 amide bonds. The van der Waals surface area contributed by atoms with Gasteiger partial charge in [-0.3, -0.25) is 0 Å². The minimum atomic E-state index is -0.339. The molecule has 0 aromatic heterocycles. The van der Waals surface area contributed by atoms with Gasteiger partial charge in [-0.1, -0.05) is 39.0 Å². The lowest BCUT2D eigenvalue weighted by molar-refractivity contribution is 0.250. The maximum atomic E-state index is 11.9. The zero-order valence-electron chi connectivity index (χ0n) is 15.8. The zero-order chi connectivity index (χ0) is 19.9. The van der Waals surface area contributed by atoms with E-state index in [1.165, 1.54) is 5.56 Å². The van der Waals surface area contributed by atoms with E-state index in [1.54, 1.807) is 24.3 Å². The molecule has 2 aromatic carbocycles. The van der Waals surface area contributed by atoms with Crippen molar-refractivity contribution in [2.75, 3.05) is 18.5 Å². The molecule has 0 bridgehead atoms. The number of nitrogens with one attached hydrogen (secondary N) is 2. The minimum absolute atomic E-state index is 0.0858. The molecule has 5 nitrogen and oxygen atoms in total. The first-order valence-electron chi connectivity index (χ1n) is 8.78. The number of para-hydroxylation sites is 1. The molecule has 0 heterocycles. The Morgan fingerprint density at radius 3 is 2.63 bits per heavy atom. The van der Waals surface area contributed by atoms with Crippen molar-refractivity contribution >= 4 is 27.6 Å². The second-order valence-corrected chi connectivity index (χ2v) is 7.99. The summed E-state index contributed by atoms with van der Waals surface area (Å²) in [6.45, 7) is 7.46. The molecule has 0 aliphatic heterocycles. The predicted octanol–water partition coefficient (Wildman–Crippen LogP) is 5.21. The molecule has 0 aliphatic rings. The number of nitriles is 1. The van der Waals surface area contributed by atoms with E-state index in [9.17, 15) is 4.79 Å². The predicted molar refractivity (Wildman–Crippen MR) is 111 cm³/mol. The Balaban J connectivity index is 1.74. The first-order valence-corrected chi connectivity index (χ1v) is 9.57. The van der Waals surface area contributed by atoms with E-state index < -0.39 is 0 Å². The van der Waals surface area contributed by atoms with Crippen molar-refractivity contribution in [2.24, 2.45) is 0 Å². The van der Waals surface area contributed by atoms with Crippen LogP contribution < -0.4 is 15.4 Å². The van der Waals surface area contributed by atoms with Crippen LogP contribution in [0.3, 0.4) is 0 Å². The molecule has 0 radical (unpaired) electrons. The van der Waals surface area contributed by atoms with Crippen molar-refractivity contribution in [3.8, 4) is 11.8 Å². The lowest BCUT2D eigenvalue weighted by Crippen LogP contribution is -2.30. The number of ether oxygens (including phenoxy) is 1. The van der Waals surface area contributed by atoms with Gasteiger partial charge in [0.25, 0.3) is 0 Å². The number of halogens is 1. The number of rotatable bonds is 6. The summed E-state index contributed by atoms with van der Waals surface area (Å²) in [5.41, 5.74) is 2.25. The van der Waals surface area contributed by atoms with E-state index >= 15 is 0 Å². The smallest absolute Gasteiger partial charge is 0.319 e. The topological polar surface area (TPSA) is 74.2 Å². The maximum Gasteiger partial charge on any atom is 0.319 e. The molecular formula is C21H24BrN3O2. The highest BCUT2D eigenvalue weighted by Crippen LogP contribution is 2.31. The van der Waals surface area contributed by atoms with Crippen LogP contribution in [0.4, 0.5) is 10.5 Å². The van der Waals surface area contributed by atoms with Gasteiger partial charge in [-0.2, -0.15) is 5.26 Å². The van der Waals surface area contributed by atoms with Crippen LogP contribution in [0.25, 0.3) is 0 Å². The highest BCUT2D eigenvalue weighted by Gasteiger charge is 2.15. The summed E-state index contributed by atoms with van der Waals surface area (Å²) in [5.74, 6) is 0.787. The van der Waals surface area contributed by atoms with Crippen LogP contribution in [-0.2, 0) is 5.41 Å². The largest absolute Gasteiger partial charge is 0.492 e. The standard InChI is InChI=1S/C21H24BrN3O2/c1-21(2,3)16-9-10-19(17(22)13-16)27-12-6-11-24-20(26)25-18-8-5-4-7-15(18)14-23/h4-5,7-10,13H,6,11-12H2,1-3H3,(H2,24,25,26). The fourth-order valence-corrected chi connectivity index (χ4v) is 2.89.